The average Bonchev–Trinajstić information content (AvgIpc) is 2.72. The van der Waals surface area contributed by atoms with E-state index in [1.165, 1.54) is 4.31 Å². The molecule has 2 aromatic carbocycles. The molecule has 2 aromatic rings. The highest BCUT2D eigenvalue weighted by Crippen LogP contribution is 2.29. The molecular formula is C24H32N2O4S. The lowest BCUT2D eigenvalue weighted by Crippen LogP contribution is -2.43. The zero-order chi connectivity index (χ0) is 22.8. The van der Waals surface area contributed by atoms with E-state index in [0.717, 1.165) is 27.9 Å². The molecule has 1 atom stereocenters. The fourth-order valence-electron chi connectivity index (χ4n) is 4.23. The van der Waals surface area contributed by atoms with Gasteiger partial charge in [-0.15, -0.1) is 0 Å². The van der Waals surface area contributed by atoms with Gasteiger partial charge in [0, 0.05) is 18.8 Å². The van der Waals surface area contributed by atoms with Crippen LogP contribution in [0.4, 0.5) is 5.69 Å². The number of anilines is 1. The largest absolute Gasteiger partial charge is 0.494 e. The Morgan fingerprint density at radius 1 is 1.10 bits per heavy atom. The normalized spacial score (nSPS) is 17.4. The summed E-state index contributed by atoms with van der Waals surface area (Å²) in [6, 6.07) is 8.99. The molecule has 1 N–H and O–H groups in total. The molecule has 0 aromatic heterocycles. The van der Waals surface area contributed by atoms with Gasteiger partial charge in [-0.1, -0.05) is 17.7 Å². The fraction of sp³-hybridized carbons (Fsp3) is 0.458. The van der Waals surface area contributed by atoms with Crippen molar-refractivity contribution in [2.24, 2.45) is 5.92 Å². The van der Waals surface area contributed by atoms with E-state index in [-0.39, 0.29) is 23.3 Å². The van der Waals surface area contributed by atoms with E-state index in [0.29, 0.717) is 31.7 Å². The number of benzene rings is 2. The number of aryl methyl sites for hydroxylation is 4. The zero-order valence-corrected chi connectivity index (χ0v) is 19.8. The minimum atomic E-state index is -3.68. The van der Waals surface area contributed by atoms with E-state index in [1.807, 2.05) is 46.8 Å². The molecular weight excluding hydrogens is 412 g/mol. The summed E-state index contributed by atoms with van der Waals surface area (Å²) in [6.45, 7) is 10.8. The Kier molecular flexibility index (Phi) is 7.06. The molecule has 0 aliphatic carbocycles. The van der Waals surface area contributed by atoms with Crippen molar-refractivity contribution in [1.29, 1.82) is 0 Å². The number of carbonyl (C=O) groups excluding carboxylic acids is 1. The minimum Gasteiger partial charge on any atom is -0.494 e. The van der Waals surface area contributed by atoms with Gasteiger partial charge in [-0.05, 0) is 82.3 Å². The Morgan fingerprint density at radius 3 is 2.39 bits per heavy atom. The smallest absolute Gasteiger partial charge is 0.243 e. The van der Waals surface area contributed by atoms with E-state index >= 15 is 0 Å². The molecule has 1 amide bonds. The first-order chi connectivity index (χ1) is 14.6. The Labute approximate surface area is 185 Å². The maximum Gasteiger partial charge on any atom is 0.243 e. The first kappa shape index (κ1) is 23.3. The predicted octanol–water partition coefficient (Wildman–Crippen LogP) is 4.36. The summed E-state index contributed by atoms with van der Waals surface area (Å²) >= 11 is 0. The molecule has 0 bridgehead atoms. The maximum atomic E-state index is 13.2. The number of ether oxygens (including phenoxy) is 1. The number of hydrogen-bond donors (Lipinski definition) is 1. The van der Waals surface area contributed by atoms with Gasteiger partial charge in [-0.2, -0.15) is 4.31 Å². The lowest BCUT2D eigenvalue weighted by Gasteiger charge is -2.31. The fourth-order valence-corrected chi connectivity index (χ4v) is 5.84. The van der Waals surface area contributed by atoms with Crippen LogP contribution in [0.25, 0.3) is 0 Å². The quantitative estimate of drug-likeness (QED) is 0.718. The molecule has 1 saturated heterocycles. The van der Waals surface area contributed by atoms with Crippen molar-refractivity contribution >= 4 is 21.6 Å². The van der Waals surface area contributed by atoms with E-state index < -0.39 is 10.0 Å². The molecule has 3 rings (SSSR count). The summed E-state index contributed by atoms with van der Waals surface area (Å²) in [7, 11) is -3.68. The second-order valence-electron chi connectivity index (χ2n) is 8.33. The molecule has 168 valence electrons. The van der Waals surface area contributed by atoms with Crippen LogP contribution in [0.1, 0.15) is 42.0 Å². The highest BCUT2D eigenvalue weighted by Gasteiger charge is 2.33. The minimum absolute atomic E-state index is 0.127. The standard InChI is InChI=1S/C24H32N2O4S/c1-6-30-22-10-9-21(14-17(22)3)31(28,29)26-11-7-8-20(15-26)24(27)25-23-18(4)12-16(2)13-19(23)5/h9-10,12-14,20H,6-8,11,15H2,1-5H3,(H,25,27)/t20-/m1/s1. The molecule has 1 aliphatic rings. The zero-order valence-electron chi connectivity index (χ0n) is 19.0. The van der Waals surface area contributed by atoms with Crippen LogP contribution in [-0.4, -0.2) is 38.3 Å². The Bertz CT molecular complexity index is 1060. The monoisotopic (exact) mass is 444 g/mol. The molecule has 1 heterocycles. The third-order valence-corrected chi connectivity index (χ3v) is 7.63. The van der Waals surface area contributed by atoms with Gasteiger partial charge in [0.2, 0.25) is 15.9 Å². The number of piperidine rings is 1. The highest BCUT2D eigenvalue weighted by molar-refractivity contribution is 7.89. The number of sulfonamides is 1. The van der Waals surface area contributed by atoms with Gasteiger partial charge < -0.3 is 10.1 Å². The van der Waals surface area contributed by atoms with Crippen LogP contribution in [0.2, 0.25) is 0 Å². The lowest BCUT2D eigenvalue weighted by atomic mass is 9.98. The van der Waals surface area contributed by atoms with E-state index in [4.69, 9.17) is 4.74 Å². The maximum absolute atomic E-state index is 13.2. The summed E-state index contributed by atoms with van der Waals surface area (Å²) < 4.78 is 33.4. The van der Waals surface area contributed by atoms with Crippen LogP contribution in [0.5, 0.6) is 5.75 Å². The van der Waals surface area contributed by atoms with Crippen LogP contribution >= 0.6 is 0 Å². The van der Waals surface area contributed by atoms with Gasteiger partial charge in [0.25, 0.3) is 0 Å². The molecule has 31 heavy (non-hydrogen) atoms. The summed E-state index contributed by atoms with van der Waals surface area (Å²) in [4.78, 5) is 13.2. The van der Waals surface area contributed by atoms with E-state index in [1.54, 1.807) is 18.2 Å². The van der Waals surface area contributed by atoms with Crippen molar-refractivity contribution < 1.29 is 17.9 Å². The molecule has 0 saturated carbocycles. The second-order valence-corrected chi connectivity index (χ2v) is 10.3. The van der Waals surface area contributed by atoms with Gasteiger partial charge in [0.1, 0.15) is 5.75 Å². The molecule has 6 nitrogen and oxygen atoms in total. The van der Waals surface area contributed by atoms with Gasteiger partial charge in [-0.3, -0.25) is 4.79 Å². The number of carbonyl (C=O) groups is 1. The van der Waals surface area contributed by atoms with Gasteiger partial charge in [0.15, 0.2) is 0 Å². The summed E-state index contributed by atoms with van der Waals surface area (Å²) in [5.74, 6) is 0.173. The average molecular weight is 445 g/mol. The van der Waals surface area contributed by atoms with Crippen LogP contribution < -0.4 is 10.1 Å². The molecule has 1 fully saturated rings. The van der Waals surface area contributed by atoms with Gasteiger partial charge in [-0.25, -0.2) is 8.42 Å². The second kappa shape index (κ2) is 9.40. The van der Waals surface area contributed by atoms with Crippen molar-refractivity contribution in [1.82, 2.24) is 4.31 Å². The van der Waals surface area contributed by atoms with Gasteiger partial charge in [0.05, 0.1) is 17.4 Å². The molecule has 0 spiro atoms. The van der Waals surface area contributed by atoms with Crippen LogP contribution in [0, 0.1) is 33.6 Å². The SMILES string of the molecule is CCOc1ccc(S(=O)(=O)N2CCC[C@@H](C(=O)Nc3c(C)cc(C)cc3C)C2)cc1C. The molecule has 0 unspecified atom stereocenters. The summed E-state index contributed by atoms with van der Waals surface area (Å²) in [5.41, 5.74) is 4.76. The summed E-state index contributed by atoms with van der Waals surface area (Å²) in [5, 5.41) is 3.04. The Balaban J connectivity index is 1.77. The number of rotatable bonds is 6. The van der Waals surface area contributed by atoms with Crippen molar-refractivity contribution in [3.05, 3.63) is 52.6 Å². The highest BCUT2D eigenvalue weighted by atomic mass is 32.2. The molecule has 1 aliphatic heterocycles. The first-order valence-electron chi connectivity index (χ1n) is 10.8. The number of hydrogen-bond acceptors (Lipinski definition) is 4. The third kappa shape index (κ3) is 5.10. The Morgan fingerprint density at radius 2 is 1.77 bits per heavy atom. The third-order valence-electron chi connectivity index (χ3n) is 5.76. The molecule has 7 heteroatoms. The predicted molar refractivity (Wildman–Crippen MR) is 123 cm³/mol. The van der Waals surface area contributed by atoms with E-state index in [2.05, 4.69) is 5.32 Å². The van der Waals surface area contributed by atoms with Crippen LogP contribution in [-0.2, 0) is 14.8 Å². The lowest BCUT2D eigenvalue weighted by molar-refractivity contribution is -0.120. The van der Waals surface area contributed by atoms with Crippen molar-refractivity contribution in [3.8, 4) is 5.75 Å². The van der Waals surface area contributed by atoms with E-state index in [9.17, 15) is 13.2 Å². The number of nitrogens with zero attached hydrogens (tertiary/aromatic N) is 1. The van der Waals surface area contributed by atoms with Crippen molar-refractivity contribution in [2.75, 3.05) is 25.0 Å². The van der Waals surface area contributed by atoms with Crippen LogP contribution in [0.3, 0.4) is 0 Å². The molecule has 0 radical (unpaired) electrons. The topological polar surface area (TPSA) is 75.7 Å². The van der Waals surface area contributed by atoms with Crippen molar-refractivity contribution in [3.63, 3.8) is 0 Å². The van der Waals surface area contributed by atoms with Crippen LogP contribution in [0.15, 0.2) is 35.2 Å². The van der Waals surface area contributed by atoms with Crippen molar-refractivity contribution in [2.45, 2.75) is 52.4 Å². The van der Waals surface area contributed by atoms with Gasteiger partial charge >= 0.3 is 0 Å². The first-order valence-corrected chi connectivity index (χ1v) is 12.2. The summed E-state index contributed by atoms with van der Waals surface area (Å²) in [6.07, 6.45) is 1.32. The number of nitrogens with one attached hydrogen (secondary N) is 1. The number of amides is 1. The Hall–Kier alpha value is -2.38.